The smallest absolute Gasteiger partial charge is 0.0888 e. The second kappa shape index (κ2) is 2.67. The summed E-state index contributed by atoms with van der Waals surface area (Å²) in [4.78, 5) is 0. The van der Waals surface area contributed by atoms with Crippen LogP contribution in [0.4, 0.5) is 0 Å². The van der Waals surface area contributed by atoms with E-state index in [0.717, 1.165) is 0 Å². The minimum absolute atomic E-state index is 0.560. The zero-order chi connectivity index (χ0) is 5.82. The fraction of sp³-hybridized carbons (Fsp3) is 0.143. The molecule has 0 nitrogen and oxygen atoms in total. The molecule has 0 saturated carbocycles. The molecule has 0 bridgehead atoms. The third kappa shape index (κ3) is 1.20. The molecule has 1 aliphatic rings. The lowest BCUT2D eigenvalue weighted by Crippen LogP contribution is -1.99. The van der Waals surface area contributed by atoms with Gasteiger partial charge in [0.05, 0.1) is 8.80 Å². The molecule has 42 valence electrons. The van der Waals surface area contributed by atoms with Crippen molar-refractivity contribution >= 4 is 8.80 Å². The van der Waals surface area contributed by atoms with Crippen LogP contribution in [0.3, 0.4) is 0 Å². The van der Waals surface area contributed by atoms with Crippen LogP contribution in [0.15, 0.2) is 36.2 Å². The first-order valence-corrected chi connectivity index (χ1v) is 5.04. The van der Waals surface area contributed by atoms with Crippen molar-refractivity contribution in [1.29, 1.82) is 0 Å². The van der Waals surface area contributed by atoms with Gasteiger partial charge in [0.1, 0.15) is 0 Å². The van der Waals surface area contributed by atoms with Crippen LogP contribution in [-0.2, 0) is 0 Å². The fourth-order valence-electron chi connectivity index (χ4n) is 0.827. The van der Waals surface area contributed by atoms with Crippen LogP contribution in [-0.4, -0.2) is 8.80 Å². The first-order chi connectivity index (χ1) is 3.93. The molecule has 0 amide bonds. The predicted molar refractivity (Wildman–Crippen MR) is 40.4 cm³/mol. The molecular weight excluding hydrogens is 112 g/mol. The molecule has 0 fully saturated rings. The molecule has 1 heteroatoms. The molecule has 0 atom stereocenters. The van der Waals surface area contributed by atoms with Crippen LogP contribution >= 0.6 is 0 Å². The molecule has 1 rings (SSSR count). The highest BCUT2D eigenvalue weighted by Crippen LogP contribution is 2.02. The highest BCUT2D eigenvalue weighted by molar-refractivity contribution is 6.70. The van der Waals surface area contributed by atoms with Crippen LogP contribution in [0, 0.1) is 0 Å². The van der Waals surface area contributed by atoms with Crippen molar-refractivity contribution in [2.75, 3.05) is 0 Å². The van der Waals surface area contributed by atoms with Crippen molar-refractivity contribution in [3.8, 4) is 0 Å². The van der Waals surface area contributed by atoms with Gasteiger partial charge in [-0.3, -0.25) is 0 Å². The molecule has 8 heavy (non-hydrogen) atoms. The standard InChI is InChI=1S/C7H10Si/c1-2-5-8-6-3-4-7-8/h2-4,6-8H,1,5H2. The van der Waals surface area contributed by atoms with Gasteiger partial charge in [0.25, 0.3) is 0 Å². The van der Waals surface area contributed by atoms with E-state index in [9.17, 15) is 0 Å². The minimum atomic E-state index is -0.560. The summed E-state index contributed by atoms with van der Waals surface area (Å²) in [5.74, 6) is 0. The lowest BCUT2D eigenvalue weighted by molar-refractivity contribution is 1.69. The van der Waals surface area contributed by atoms with E-state index in [1.807, 2.05) is 6.08 Å². The Morgan fingerprint density at radius 2 is 2.00 bits per heavy atom. The molecule has 0 saturated heterocycles. The fourth-order valence-corrected chi connectivity index (χ4v) is 2.48. The lowest BCUT2D eigenvalue weighted by Gasteiger charge is -1.92. The van der Waals surface area contributed by atoms with Gasteiger partial charge in [-0.05, 0) is 6.04 Å². The molecule has 0 radical (unpaired) electrons. The molecule has 0 aromatic rings. The summed E-state index contributed by atoms with van der Waals surface area (Å²) in [5.41, 5.74) is 4.64. The van der Waals surface area contributed by atoms with Crippen molar-refractivity contribution < 1.29 is 0 Å². The first kappa shape index (κ1) is 5.57. The van der Waals surface area contributed by atoms with E-state index in [1.54, 1.807) is 0 Å². The monoisotopic (exact) mass is 122 g/mol. The van der Waals surface area contributed by atoms with E-state index in [1.165, 1.54) is 6.04 Å². The molecule has 1 heterocycles. The van der Waals surface area contributed by atoms with Gasteiger partial charge in [0.2, 0.25) is 0 Å². The van der Waals surface area contributed by atoms with E-state index in [0.29, 0.717) is 0 Å². The Balaban J connectivity index is 2.37. The van der Waals surface area contributed by atoms with Gasteiger partial charge < -0.3 is 0 Å². The topological polar surface area (TPSA) is 0 Å². The van der Waals surface area contributed by atoms with Crippen molar-refractivity contribution in [1.82, 2.24) is 0 Å². The first-order valence-electron chi connectivity index (χ1n) is 2.89. The highest BCUT2D eigenvalue weighted by Gasteiger charge is 2.00. The highest BCUT2D eigenvalue weighted by atomic mass is 28.3. The third-order valence-corrected chi connectivity index (χ3v) is 3.58. The lowest BCUT2D eigenvalue weighted by atomic mass is 10.6. The summed E-state index contributed by atoms with van der Waals surface area (Å²) < 4.78 is 0. The molecular formula is C7H10Si. The van der Waals surface area contributed by atoms with Crippen molar-refractivity contribution in [2.45, 2.75) is 6.04 Å². The zero-order valence-electron chi connectivity index (χ0n) is 4.88. The summed E-state index contributed by atoms with van der Waals surface area (Å²) in [6, 6.07) is 1.22. The van der Waals surface area contributed by atoms with Crippen molar-refractivity contribution in [2.24, 2.45) is 0 Å². The number of hydrogen-bond acceptors (Lipinski definition) is 0. The zero-order valence-corrected chi connectivity index (χ0v) is 6.03. The normalized spacial score (nSPS) is 17.5. The second-order valence-corrected chi connectivity index (χ2v) is 4.53. The van der Waals surface area contributed by atoms with E-state index < -0.39 is 8.80 Å². The van der Waals surface area contributed by atoms with Crippen LogP contribution in [0.1, 0.15) is 0 Å². The maximum atomic E-state index is 3.69. The van der Waals surface area contributed by atoms with Crippen LogP contribution in [0.25, 0.3) is 0 Å². The average Bonchev–Trinajstić information content (AvgIpc) is 2.19. The number of rotatable bonds is 2. The van der Waals surface area contributed by atoms with Crippen molar-refractivity contribution in [3.05, 3.63) is 36.2 Å². The van der Waals surface area contributed by atoms with E-state index >= 15 is 0 Å². The van der Waals surface area contributed by atoms with Gasteiger partial charge in [0, 0.05) is 0 Å². The Bertz CT molecular complexity index is 121. The molecule has 0 aliphatic carbocycles. The Kier molecular flexibility index (Phi) is 1.86. The quantitative estimate of drug-likeness (QED) is 0.385. The maximum absolute atomic E-state index is 3.69. The molecule has 0 spiro atoms. The van der Waals surface area contributed by atoms with E-state index in [-0.39, 0.29) is 0 Å². The van der Waals surface area contributed by atoms with Gasteiger partial charge in [-0.15, -0.1) is 6.58 Å². The molecule has 0 aromatic heterocycles. The van der Waals surface area contributed by atoms with Crippen molar-refractivity contribution in [3.63, 3.8) is 0 Å². The van der Waals surface area contributed by atoms with E-state index in [4.69, 9.17) is 0 Å². The van der Waals surface area contributed by atoms with Gasteiger partial charge in [-0.1, -0.05) is 29.6 Å². The predicted octanol–water partition coefficient (Wildman–Crippen LogP) is 1.60. The van der Waals surface area contributed by atoms with Crippen LogP contribution < -0.4 is 0 Å². The SMILES string of the molecule is C=CC[SiH]1C=CC=C1. The number of hydrogen-bond donors (Lipinski definition) is 0. The summed E-state index contributed by atoms with van der Waals surface area (Å²) >= 11 is 0. The Morgan fingerprint density at radius 3 is 2.50 bits per heavy atom. The Labute approximate surface area is 51.8 Å². The third-order valence-electron chi connectivity index (χ3n) is 1.27. The molecule has 0 unspecified atom stereocenters. The largest absolute Gasteiger partial charge is 0.103 e. The number of allylic oxidation sites excluding steroid dienone is 3. The van der Waals surface area contributed by atoms with Gasteiger partial charge >= 0.3 is 0 Å². The van der Waals surface area contributed by atoms with Gasteiger partial charge in [-0.2, -0.15) is 0 Å². The van der Waals surface area contributed by atoms with Gasteiger partial charge in [-0.25, -0.2) is 0 Å². The van der Waals surface area contributed by atoms with Crippen LogP contribution in [0.2, 0.25) is 6.04 Å². The Hall–Kier alpha value is -0.563. The molecule has 0 aromatic carbocycles. The molecule has 0 N–H and O–H groups in total. The second-order valence-electron chi connectivity index (χ2n) is 1.96. The van der Waals surface area contributed by atoms with Gasteiger partial charge in [0.15, 0.2) is 0 Å². The summed E-state index contributed by atoms with van der Waals surface area (Å²) in [6.45, 7) is 3.69. The van der Waals surface area contributed by atoms with Crippen LogP contribution in [0.5, 0.6) is 0 Å². The summed E-state index contributed by atoms with van der Waals surface area (Å²) in [6.07, 6.45) is 6.29. The minimum Gasteiger partial charge on any atom is -0.103 e. The summed E-state index contributed by atoms with van der Waals surface area (Å²) in [5, 5.41) is 0. The Morgan fingerprint density at radius 1 is 1.38 bits per heavy atom. The average molecular weight is 122 g/mol. The molecule has 1 aliphatic heterocycles. The summed E-state index contributed by atoms with van der Waals surface area (Å²) in [7, 11) is -0.560. The van der Waals surface area contributed by atoms with E-state index in [2.05, 4.69) is 30.1 Å². The maximum Gasteiger partial charge on any atom is 0.0888 e.